The van der Waals surface area contributed by atoms with Crippen molar-refractivity contribution in [2.75, 3.05) is 0 Å². The molecule has 5 aromatic rings. The lowest BCUT2D eigenvalue weighted by molar-refractivity contribution is -0.152. The molecule has 0 aliphatic heterocycles. The van der Waals surface area contributed by atoms with Crippen LogP contribution < -0.4 is 10.2 Å². The molecule has 35 heavy (non-hydrogen) atoms. The first-order valence-corrected chi connectivity index (χ1v) is 10.8. The molecule has 5 rings (SSSR count). The van der Waals surface area contributed by atoms with Crippen molar-refractivity contribution in [3.63, 3.8) is 0 Å². The smallest absolute Gasteiger partial charge is 0.450 e. The van der Waals surface area contributed by atoms with Gasteiger partial charge in [0.15, 0.2) is 0 Å². The zero-order valence-electron chi connectivity index (χ0n) is 18.5. The summed E-state index contributed by atoms with van der Waals surface area (Å²) in [5.41, 5.74) is 0.695. The van der Waals surface area contributed by atoms with E-state index in [1.807, 2.05) is 30.3 Å². The van der Waals surface area contributed by atoms with Crippen molar-refractivity contribution in [3.8, 4) is 22.6 Å². The van der Waals surface area contributed by atoms with E-state index in [4.69, 9.17) is 9.15 Å². The highest BCUT2D eigenvalue weighted by Crippen LogP contribution is 2.39. The Balaban J connectivity index is 1.52. The van der Waals surface area contributed by atoms with Gasteiger partial charge in [-0.05, 0) is 36.8 Å². The summed E-state index contributed by atoms with van der Waals surface area (Å²) >= 11 is 0. The molecule has 5 nitrogen and oxygen atoms in total. The third kappa shape index (κ3) is 4.30. The van der Waals surface area contributed by atoms with E-state index in [9.17, 15) is 18.0 Å². The molecule has 0 unspecified atom stereocenters. The summed E-state index contributed by atoms with van der Waals surface area (Å²) in [6, 6.07) is 20.2. The Bertz CT molecular complexity index is 1560. The van der Waals surface area contributed by atoms with Crippen LogP contribution in [0.25, 0.3) is 27.8 Å². The molecule has 0 saturated heterocycles. The molecule has 0 atom stereocenters. The van der Waals surface area contributed by atoms with Crippen LogP contribution in [0, 0.1) is 6.92 Å². The van der Waals surface area contributed by atoms with Gasteiger partial charge in [-0.2, -0.15) is 18.3 Å². The van der Waals surface area contributed by atoms with Gasteiger partial charge in [-0.1, -0.05) is 48.5 Å². The molecule has 0 aliphatic carbocycles. The highest BCUT2D eigenvalue weighted by molar-refractivity contribution is 5.86. The van der Waals surface area contributed by atoms with E-state index in [1.54, 1.807) is 48.3 Å². The van der Waals surface area contributed by atoms with Gasteiger partial charge in [0, 0.05) is 17.3 Å². The number of benzene rings is 3. The van der Waals surface area contributed by atoms with E-state index in [0.717, 1.165) is 11.3 Å². The van der Waals surface area contributed by atoms with Gasteiger partial charge in [0.25, 0.3) is 0 Å². The maximum Gasteiger partial charge on any atom is 0.450 e. The predicted molar refractivity (Wildman–Crippen MR) is 126 cm³/mol. The third-order valence-electron chi connectivity index (χ3n) is 5.63. The van der Waals surface area contributed by atoms with Crippen molar-refractivity contribution in [2.45, 2.75) is 19.7 Å². The summed E-state index contributed by atoms with van der Waals surface area (Å²) in [5.74, 6) is -1.01. The average Bonchev–Trinajstić information content (AvgIpc) is 3.33. The van der Waals surface area contributed by atoms with E-state index in [0.29, 0.717) is 11.3 Å². The van der Waals surface area contributed by atoms with Gasteiger partial charge in [0.05, 0.1) is 22.8 Å². The molecule has 0 fully saturated rings. The Morgan fingerprint density at radius 3 is 2.34 bits per heavy atom. The molecule has 0 N–H and O–H groups in total. The topological polar surface area (TPSA) is 57.3 Å². The molecule has 8 heteroatoms. The fourth-order valence-electron chi connectivity index (χ4n) is 3.92. The van der Waals surface area contributed by atoms with Gasteiger partial charge in [-0.15, -0.1) is 0 Å². The van der Waals surface area contributed by atoms with E-state index in [1.165, 1.54) is 18.2 Å². The molecule has 0 spiro atoms. The van der Waals surface area contributed by atoms with Crippen LogP contribution in [0.4, 0.5) is 13.2 Å². The van der Waals surface area contributed by atoms with Crippen molar-refractivity contribution in [3.05, 3.63) is 112 Å². The number of ether oxygens (including phenoxy) is 1. The SMILES string of the molecule is Cc1c(OCc2cnn(-c3ccccc3)c2)ccc2c(=O)c(-c3ccccc3)c(C(F)(F)F)oc12. The normalized spacial score (nSPS) is 11.7. The van der Waals surface area contributed by atoms with Gasteiger partial charge >= 0.3 is 6.18 Å². The van der Waals surface area contributed by atoms with E-state index >= 15 is 0 Å². The lowest BCUT2D eigenvalue weighted by Gasteiger charge is -2.15. The fraction of sp³-hybridized carbons (Fsp3) is 0.111. The number of rotatable bonds is 5. The molecular formula is C27H19F3N2O3. The molecule has 2 aromatic heterocycles. The highest BCUT2D eigenvalue weighted by atomic mass is 19.4. The Labute approximate surface area is 198 Å². The zero-order valence-corrected chi connectivity index (χ0v) is 18.5. The van der Waals surface area contributed by atoms with Gasteiger partial charge in [0.2, 0.25) is 11.2 Å². The lowest BCUT2D eigenvalue weighted by atomic mass is 10.0. The van der Waals surface area contributed by atoms with Gasteiger partial charge < -0.3 is 9.15 Å². The highest BCUT2D eigenvalue weighted by Gasteiger charge is 2.39. The molecule has 0 saturated carbocycles. The van der Waals surface area contributed by atoms with Crippen LogP contribution in [0.5, 0.6) is 5.75 Å². The van der Waals surface area contributed by atoms with Gasteiger partial charge in [-0.25, -0.2) is 4.68 Å². The van der Waals surface area contributed by atoms with E-state index in [-0.39, 0.29) is 23.1 Å². The Kier molecular flexibility index (Phi) is 5.64. The summed E-state index contributed by atoms with van der Waals surface area (Å²) in [6.45, 7) is 1.70. The Hall–Kier alpha value is -4.33. The molecule has 0 bridgehead atoms. The second kappa shape index (κ2) is 8.79. The number of aryl methyl sites for hydroxylation is 1. The minimum atomic E-state index is -4.85. The van der Waals surface area contributed by atoms with E-state index < -0.39 is 22.9 Å². The summed E-state index contributed by atoms with van der Waals surface area (Å²) in [5, 5.41) is 4.37. The van der Waals surface area contributed by atoms with Crippen LogP contribution in [0.1, 0.15) is 16.9 Å². The summed E-state index contributed by atoms with van der Waals surface area (Å²) < 4.78 is 54.7. The molecule has 0 aliphatic rings. The first-order valence-electron chi connectivity index (χ1n) is 10.8. The minimum Gasteiger partial charge on any atom is -0.488 e. The van der Waals surface area contributed by atoms with Crippen LogP contribution in [0.15, 0.2) is 94.4 Å². The van der Waals surface area contributed by atoms with Crippen molar-refractivity contribution in [1.82, 2.24) is 9.78 Å². The number of alkyl halides is 3. The summed E-state index contributed by atoms with van der Waals surface area (Å²) in [6.07, 6.45) is -1.40. The van der Waals surface area contributed by atoms with Crippen LogP contribution in [0.3, 0.4) is 0 Å². The monoisotopic (exact) mass is 476 g/mol. The molecule has 3 aromatic carbocycles. The van der Waals surface area contributed by atoms with Crippen LogP contribution in [-0.4, -0.2) is 9.78 Å². The van der Waals surface area contributed by atoms with Gasteiger partial charge in [0.1, 0.15) is 17.9 Å². The molecule has 0 amide bonds. The Morgan fingerprint density at radius 2 is 1.66 bits per heavy atom. The first-order chi connectivity index (χ1) is 16.8. The quantitative estimate of drug-likeness (QED) is 0.289. The van der Waals surface area contributed by atoms with Crippen molar-refractivity contribution >= 4 is 11.0 Å². The van der Waals surface area contributed by atoms with Crippen LogP contribution >= 0.6 is 0 Å². The Morgan fingerprint density at radius 1 is 0.971 bits per heavy atom. The number of hydrogen-bond acceptors (Lipinski definition) is 4. The van der Waals surface area contributed by atoms with E-state index in [2.05, 4.69) is 5.10 Å². The standard InChI is InChI=1S/C27H19F3N2O3/c1-17-22(34-16-18-14-31-32(15-18)20-10-6-3-7-11-20)13-12-21-24(33)23(19-8-4-2-5-9-19)26(27(28,29)30)35-25(17)21/h2-15H,16H2,1H3. The van der Waals surface area contributed by atoms with Gasteiger partial charge in [-0.3, -0.25) is 4.79 Å². The summed E-state index contributed by atoms with van der Waals surface area (Å²) in [7, 11) is 0. The minimum absolute atomic E-state index is 0.0543. The number of para-hydroxylation sites is 1. The van der Waals surface area contributed by atoms with Crippen molar-refractivity contribution in [1.29, 1.82) is 0 Å². The predicted octanol–water partition coefficient (Wildman–Crippen LogP) is 6.55. The molecule has 176 valence electrons. The zero-order chi connectivity index (χ0) is 24.6. The van der Waals surface area contributed by atoms with Crippen molar-refractivity contribution in [2.24, 2.45) is 0 Å². The number of fused-ring (bicyclic) bond motifs is 1. The maximum absolute atomic E-state index is 13.9. The molecular weight excluding hydrogens is 457 g/mol. The largest absolute Gasteiger partial charge is 0.488 e. The number of aromatic nitrogens is 2. The lowest BCUT2D eigenvalue weighted by Crippen LogP contribution is -2.16. The third-order valence-corrected chi connectivity index (χ3v) is 5.63. The average molecular weight is 476 g/mol. The summed E-state index contributed by atoms with van der Waals surface area (Å²) in [4.78, 5) is 13.2. The molecule has 0 radical (unpaired) electrons. The van der Waals surface area contributed by atoms with Crippen LogP contribution in [-0.2, 0) is 12.8 Å². The number of nitrogens with zero attached hydrogens (tertiary/aromatic N) is 2. The second-order valence-corrected chi connectivity index (χ2v) is 7.98. The second-order valence-electron chi connectivity index (χ2n) is 7.98. The molecule has 2 heterocycles. The maximum atomic E-state index is 13.9. The van der Waals surface area contributed by atoms with Crippen molar-refractivity contribution < 1.29 is 22.3 Å². The number of hydrogen-bond donors (Lipinski definition) is 0. The first kappa shape index (κ1) is 22.5. The van der Waals surface area contributed by atoms with Crippen LogP contribution in [0.2, 0.25) is 0 Å². The number of halogens is 3. The fourth-order valence-corrected chi connectivity index (χ4v) is 3.92.